The molecule has 0 saturated heterocycles. The Labute approximate surface area is 162 Å². The van der Waals surface area contributed by atoms with Crippen LogP contribution in [0.4, 0.5) is 0 Å². The first-order valence-electron chi connectivity index (χ1n) is 6.69. The van der Waals surface area contributed by atoms with Gasteiger partial charge in [0.1, 0.15) is 0 Å². The van der Waals surface area contributed by atoms with Crippen LogP contribution in [0.2, 0.25) is 0 Å². The van der Waals surface area contributed by atoms with E-state index in [1.54, 1.807) is 21.3 Å². The Morgan fingerprint density at radius 1 is 0.864 bits per heavy atom. The largest absolute Gasteiger partial charge is 2.00 e. The Hall–Kier alpha value is 0.112. The van der Waals surface area contributed by atoms with Crippen LogP contribution in [0.25, 0.3) is 0 Å². The van der Waals surface area contributed by atoms with Crippen molar-refractivity contribution in [1.82, 2.24) is 10.6 Å². The molecule has 5 heteroatoms. The molecule has 1 aromatic carbocycles. The van der Waals surface area contributed by atoms with Gasteiger partial charge in [0.05, 0.1) is 0 Å². The molecule has 4 nitrogen and oxygen atoms in total. The monoisotopic (exact) mass is 536 g/mol. The van der Waals surface area contributed by atoms with Crippen molar-refractivity contribution in [3.8, 4) is 0 Å². The topological polar surface area (TPSA) is 42.5 Å². The molecular weight excluding hydrogens is 502 g/mol. The Balaban J connectivity index is -0.000000249. The van der Waals surface area contributed by atoms with Crippen molar-refractivity contribution in [3.63, 3.8) is 0 Å². The molecule has 1 rings (SSSR count). The van der Waals surface area contributed by atoms with Gasteiger partial charge in [0.25, 0.3) is 0 Å². The number of benzene rings is 1. The molecule has 0 spiro atoms. The molecule has 0 fully saturated rings. The number of methoxy groups -OCH3 is 2. The molecule has 0 aliphatic rings. The molecule has 22 heavy (non-hydrogen) atoms. The molecule has 0 heterocycles. The van der Waals surface area contributed by atoms with Crippen molar-refractivity contribution in [2.75, 3.05) is 47.6 Å². The zero-order valence-corrected chi connectivity index (χ0v) is 19.1. The third-order valence-corrected chi connectivity index (χ3v) is 2.35. The first kappa shape index (κ1) is 30.0. The molecule has 1 aromatic rings. The quantitative estimate of drug-likeness (QED) is 0.376. The van der Waals surface area contributed by atoms with E-state index in [-0.39, 0.29) is 46.0 Å². The summed E-state index contributed by atoms with van der Waals surface area (Å²) in [6, 6.07) is 10.5. The summed E-state index contributed by atoms with van der Waals surface area (Å²) in [4.78, 5) is 0. The van der Waals surface area contributed by atoms with Crippen LogP contribution in [-0.4, -0.2) is 47.6 Å². The summed E-state index contributed by atoms with van der Waals surface area (Å²) in [6.07, 6.45) is 1.08. The van der Waals surface area contributed by atoms with Gasteiger partial charge in [-0.3, -0.25) is 0 Å². The Morgan fingerprint density at radius 3 is 1.95 bits per heavy atom. The van der Waals surface area contributed by atoms with Crippen molar-refractivity contribution < 1.29 is 40.6 Å². The van der Waals surface area contributed by atoms with Gasteiger partial charge in [0.15, 0.2) is 0 Å². The van der Waals surface area contributed by atoms with E-state index in [0.29, 0.717) is 0 Å². The van der Waals surface area contributed by atoms with Crippen LogP contribution in [0, 0.1) is 46.0 Å². The average Bonchev–Trinajstić information content (AvgIpc) is 2.44. The fourth-order valence-electron chi connectivity index (χ4n) is 1.47. The summed E-state index contributed by atoms with van der Waals surface area (Å²) in [7, 11) is 4.99. The first-order valence-corrected chi connectivity index (χ1v) is 6.69. The summed E-state index contributed by atoms with van der Waals surface area (Å²) in [6.45, 7) is 4.82. The third kappa shape index (κ3) is 22.4. The summed E-state index contributed by atoms with van der Waals surface area (Å²) < 4.78 is 9.22. The Kier molecular flexibility index (Phi) is 35.5. The molecule has 0 aliphatic heterocycles. The predicted molar refractivity (Wildman–Crippen MR) is 93.3 cm³/mol. The minimum atomic E-state index is 0. The van der Waals surface area contributed by atoms with Crippen LogP contribution in [0.1, 0.15) is 12.0 Å². The fourth-order valence-corrected chi connectivity index (χ4v) is 1.47. The smallest absolute Gasteiger partial charge is 0.388 e. The maximum absolute atomic E-state index is 4.97. The van der Waals surface area contributed by atoms with Crippen LogP contribution >= 0.6 is 0 Å². The molecule has 0 bridgehead atoms. The molecule has 0 unspecified atom stereocenters. The summed E-state index contributed by atoms with van der Waals surface area (Å²) in [5.41, 5.74) is 1.34. The van der Waals surface area contributed by atoms with E-state index >= 15 is 0 Å². The average molecular weight is 536 g/mol. The molecule has 0 aliphatic carbocycles. The summed E-state index contributed by atoms with van der Waals surface area (Å²) in [5, 5.41) is 6.76. The number of hydrogen-bond acceptors (Lipinski definition) is 4. The number of nitrogens with one attached hydrogen (secondary N) is 2. The van der Waals surface area contributed by atoms with Gasteiger partial charge in [-0.1, -0.05) is 30.3 Å². The Morgan fingerprint density at radius 2 is 1.41 bits per heavy atom. The van der Waals surface area contributed by atoms with Gasteiger partial charge in [-0.15, -0.1) is 0 Å². The minimum Gasteiger partial charge on any atom is -0.388 e. The Bertz CT molecular complexity index is 275. The van der Waals surface area contributed by atoms with E-state index in [9.17, 15) is 0 Å². The third-order valence-electron chi connectivity index (χ3n) is 2.35. The van der Waals surface area contributed by atoms with Gasteiger partial charge in [-0.25, -0.2) is 0 Å². The van der Waals surface area contributed by atoms with E-state index in [2.05, 4.69) is 39.6 Å². The van der Waals surface area contributed by atoms with Crippen molar-refractivity contribution in [1.29, 1.82) is 0 Å². The maximum atomic E-state index is 4.97. The number of ether oxygens (including phenoxy) is 2. The zero-order valence-electron chi connectivity index (χ0n) is 14.9. The van der Waals surface area contributed by atoms with Crippen LogP contribution < -0.4 is 10.6 Å². The van der Waals surface area contributed by atoms with E-state index in [1.165, 1.54) is 5.56 Å². The molecule has 0 saturated carbocycles. The van der Waals surface area contributed by atoms with Crippen LogP contribution in [0.3, 0.4) is 0 Å². The molecule has 128 valence electrons. The van der Waals surface area contributed by atoms with Crippen molar-refractivity contribution in [2.24, 2.45) is 0 Å². The second kappa shape index (κ2) is 26.0. The normalized spacial score (nSPS) is 8.50. The minimum absolute atomic E-state index is 0. The number of hydrogen-bond donors (Lipinski definition) is 2. The van der Waals surface area contributed by atoms with Gasteiger partial charge in [0, 0.05) is 47.6 Å². The van der Waals surface area contributed by atoms with Gasteiger partial charge in [-0.2, -0.15) is 0 Å². The van der Waals surface area contributed by atoms with Gasteiger partial charge in [-0.05, 0) is 18.5 Å². The van der Waals surface area contributed by atoms with E-state index in [1.807, 2.05) is 6.07 Å². The molecule has 0 atom stereocenters. The maximum Gasteiger partial charge on any atom is 2.00 e. The van der Waals surface area contributed by atoms with Gasteiger partial charge >= 0.3 is 31.1 Å². The second-order valence-electron chi connectivity index (χ2n) is 4.17. The van der Waals surface area contributed by atoms with Gasteiger partial charge in [0.2, 0.25) is 0 Å². The first-order chi connectivity index (χ1) is 9.35. The number of rotatable bonds is 9. The van der Waals surface area contributed by atoms with Crippen LogP contribution in [0.15, 0.2) is 30.3 Å². The molecule has 0 amide bonds. The van der Waals surface area contributed by atoms with Gasteiger partial charge < -0.3 is 35.0 Å². The van der Waals surface area contributed by atoms with Crippen LogP contribution in [0.5, 0.6) is 0 Å². The van der Waals surface area contributed by atoms with Crippen molar-refractivity contribution in [3.05, 3.63) is 50.7 Å². The molecule has 0 radical (unpaired) electrons. The van der Waals surface area contributed by atoms with E-state index < -0.39 is 0 Å². The molecule has 2 N–H and O–H groups in total. The fraction of sp³-hybridized carbons (Fsp3) is 0.529. The predicted octanol–water partition coefficient (Wildman–Crippen LogP) is 2.57. The van der Waals surface area contributed by atoms with E-state index in [4.69, 9.17) is 4.74 Å². The summed E-state index contributed by atoms with van der Waals surface area (Å²) in [5.74, 6) is 0. The zero-order chi connectivity index (χ0) is 14.2. The van der Waals surface area contributed by atoms with Crippen molar-refractivity contribution in [2.45, 2.75) is 13.0 Å². The standard InChI is InChI=1S/C13H22N2O.C2H6O.2CH3.U/c1-16-11-5-8-14-9-10-15-12-13-6-3-2-4-7-13;1-3-2;;;/h2-4,6-7,14-15H,5,8-12H2,1H3;1-2H3;2*1H3;/q;;2*-1;+2. The molecular formula is C17H34N2O2U. The van der Waals surface area contributed by atoms with Crippen LogP contribution in [-0.2, 0) is 16.0 Å². The van der Waals surface area contributed by atoms with Crippen molar-refractivity contribution >= 4 is 0 Å². The second-order valence-corrected chi connectivity index (χ2v) is 4.17. The summed E-state index contributed by atoms with van der Waals surface area (Å²) >= 11 is 0. The van der Waals surface area contributed by atoms with E-state index in [0.717, 1.165) is 39.2 Å². The SMILES string of the molecule is COC.COCCCNCCNCc1ccccc1.[CH3-].[CH3-].[U+2]. The molecule has 0 aromatic heterocycles.